The Balaban J connectivity index is 2.18. The smallest absolute Gasteiger partial charge is 0.123 e. The summed E-state index contributed by atoms with van der Waals surface area (Å²) in [6.07, 6.45) is 1.04. The lowest BCUT2D eigenvalue weighted by Gasteiger charge is -2.12. The monoisotopic (exact) mass is 319 g/mol. The van der Waals surface area contributed by atoms with Crippen molar-refractivity contribution in [2.75, 3.05) is 0 Å². The van der Waals surface area contributed by atoms with Crippen molar-refractivity contribution in [2.24, 2.45) is 0 Å². The molecule has 2 aromatic heterocycles. The quantitative estimate of drug-likeness (QED) is 0.770. The highest BCUT2D eigenvalue weighted by Crippen LogP contribution is 2.33. The van der Waals surface area contributed by atoms with Crippen molar-refractivity contribution in [3.8, 4) is 0 Å². The number of halogens is 1. The molecule has 2 nitrogen and oxygen atoms in total. The number of thiophene rings is 1. The molecule has 1 aromatic carbocycles. The number of aliphatic hydroxyl groups excluding tert-OH is 1. The van der Waals surface area contributed by atoms with E-state index in [1.54, 1.807) is 17.5 Å². The van der Waals surface area contributed by atoms with Gasteiger partial charge in [0.1, 0.15) is 6.10 Å². The molecule has 0 aliphatic rings. The highest BCUT2D eigenvalue weighted by Gasteiger charge is 2.17. The highest BCUT2D eigenvalue weighted by atomic mass is 79.9. The maximum absolute atomic E-state index is 10.5. The number of aromatic nitrogens is 1. The molecule has 0 aliphatic heterocycles. The van der Waals surface area contributed by atoms with Gasteiger partial charge in [0, 0.05) is 27.0 Å². The fourth-order valence-corrected chi connectivity index (χ4v) is 3.53. The maximum atomic E-state index is 10.5. The number of pyridine rings is 1. The van der Waals surface area contributed by atoms with E-state index in [0.29, 0.717) is 5.69 Å². The summed E-state index contributed by atoms with van der Waals surface area (Å²) in [6.45, 7) is 0. The molecular weight excluding hydrogens is 310 g/mol. The minimum Gasteiger partial charge on any atom is -0.382 e. The first-order chi connectivity index (χ1) is 8.77. The van der Waals surface area contributed by atoms with Gasteiger partial charge >= 0.3 is 0 Å². The van der Waals surface area contributed by atoms with Crippen LogP contribution in [0.3, 0.4) is 0 Å². The first-order valence-corrected chi connectivity index (χ1v) is 7.24. The van der Waals surface area contributed by atoms with Crippen LogP contribution < -0.4 is 0 Å². The fraction of sp³-hybridized carbons (Fsp3) is 0.0714. The first-order valence-electron chi connectivity index (χ1n) is 5.50. The van der Waals surface area contributed by atoms with Crippen LogP contribution >= 0.6 is 27.3 Å². The van der Waals surface area contributed by atoms with Gasteiger partial charge in [0.25, 0.3) is 0 Å². The number of nitrogens with zero attached hydrogens (tertiary/aromatic N) is 1. The van der Waals surface area contributed by atoms with Gasteiger partial charge in [-0.25, -0.2) is 0 Å². The lowest BCUT2D eigenvalue weighted by atomic mass is 10.0. The van der Waals surface area contributed by atoms with Crippen molar-refractivity contribution in [2.45, 2.75) is 6.10 Å². The van der Waals surface area contributed by atoms with E-state index >= 15 is 0 Å². The van der Waals surface area contributed by atoms with Crippen LogP contribution in [-0.4, -0.2) is 10.1 Å². The topological polar surface area (TPSA) is 33.1 Å². The Bertz CT molecular complexity index is 690. The summed E-state index contributed by atoms with van der Waals surface area (Å²) < 4.78 is 0.926. The molecule has 90 valence electrons. The fourth-order valence-electron chi connectivity index (χ4n) is 1.99. The summed E-state index contributed by atoms with van der Waals surface area (Å²) in [5.74, 6) is 0. The highest BCUT2D eigenvalue weighted by molar-refractivity contribution is 9.10. The minimum atomic E-state index is -0.697. The molecule has 2 heterocycles. The predicted octanol–water partition coefficient (Wildman–Crippen LogP) is 4.14. The zero-order chi connectivity index (χ0) is 12.5. The average Bonchev–Trinajstić information content (AvgIpc) is 2.83. The van der Waals surface area contributed by atoms with Gasteiger partial charge in [-0.3, -0.25) is 4.98 Å². The van der Waals surface area contributed by atoms with Crippen LogP contribution in [0.5, 0.6) is 0 Å². The van der Waals surface area contributed by atoms with Gasteiger partial charge in [0.05, 0.1) is 5.69 Å². The van der Waals surface area contributed by atoms with E-state index in [0.717, 1.165) is 20.8 Å². The number of benzene rings is 1. The van der Waals surface area contributed by atoms with Gasteiger partial charge in [0.2, 0.25) is 0 Å². The molecule has 1 unspecified atom stereocenters. The molecule has 0 radical (unpaired) electrons. The van der Waals surface area contributed by atoms with Crippen molar-refractivity contribution < 1.29 is 5.11 Å². The van der Waals surface area contributed by atoms with E-state index in [4.69, 9.17) is 0 Å². The Labute approximate surface area is 117 Å². The number of fused-ring (bicyclic) bond motifs is 1. The molecular formula is C14H10BrNOS. The molecule has 3 aromatic rings. The second kappa shape index (κ2) is 4.80. The zero-order valence-electron chi connectivity index (χ0n) is 9.38. The third-order valence-electron chi connectivity index (χ3n) is 2.90. The van der Waals surface area contributed by atoms with Gasteiger partial charge in [0.15, 0.2) is 0 Å². The molecule has 0 amide bonds. The summed E-state index contributed by atoms with van der Waals surface area (Å²) in [7, 11) is 0. The second-order valence-electron chi connectivity index (χ2n) is 3.99. The zero-order valence-corrected chi connectivity index (χ0v) is 11.8. The van der Waals surface area contributed by atoms with Gasteiger partial charge in [-0.15, -0.1) is 0 Å². The average molecular weight is 320 g/mol. The van der Waals surface area contributed by atoms with Crippen molar-refractivity contribution in [3.63, 3.8) is 0 Å². The Morgan fingerprint density at radius 1 is 1.17 bits per heavy atom. The van der Waals surface area contributed by atoms with E-state index in [9.17, 15) is 5.11 Å². The summed E-state index contributed by atoms with van der Waals surface area (Å²) >= 11 is 5.01. The molecule has 0 saturated heterocycles. The van der Waals surface area contributed by atoms with Gasteiger partial charge < -0.3 is 5.11 Å². The molecule has 0 spiro atoms. The molecule has 0 bridgehead atoms. The molecule has 0 saturated carbocycles. The van der Waals surface area contributed by atoms with E-state index in [2.05, 4.69) is 20.9 Å². The van der Waals surface area contributed by atoms with E-state index in [-0.39, 0.29) is 0 Å². The summed E-state index contributed by atoms with van der Waals surface area (Å²) in [6, 6.07) is 9.91. The summed E-state index contributed by atoms with van der Waals surface area (Å²) in [5, 5.41) is 16.5. The Morgan fingerprint density at radius 2 is 2.00 bits per heavy atom. The summed E-state index contributed by atoms with van der Waals surface area (Å²) in [5.41, 5.74) is 1.57. The SMILES string of the molecule is OC(c1cscc1Br)c1nccc2ccccc12. The molecule has 3 rings (SSSR count). The van der Waals surface area contributed by atoms with E-state index < -0.39 is 6.10 Å². The van der Waals surface area contributed by atoms with Crippen LogP contribution in [0, 0.1) is 0 Å². The van der Waals surface area contributed by atoms with Gasteiger partial charge in [-0.1, -0.05) is 24.3 Å². The van der Waals surface area contributed by atoms with Crippen molar-refractivity contribution in [3.05, 3.63) is 63.0 Å². The summed E-state index contributed by atoms with van der Waals surface area (Å²) in [4.78, 5) is 4.34. The largest absolute Gasteiger partial charge is 0.382 e. The number of hydrogen-bond donors (Lipinski definition) is 1. The minimum absolute atomic E-state index is 0.697. The number of aliphatic hydroxyl groups is 1. The third-order valence-corrected chi connectivity index (χ3v) is 4.65. The van der Waals surface area contributed by atoms with E-state index in [1.165, 1.54) is 0 Å². The Hall–Kier alpha value is -1.23. The lowest BCUT2D eigenvalue weighted by molar-refractivity contribution is 0.217. The number of rotatable bonds is 2. The Morgan fingerprint density at radius 3 is 2.78 bits per heavy atom. The second-order valence-corrected chi connectivity index (χ2v) is 5.59. The van der Waals surface area contributed by atoms with Crippen LogP contribution in [-0.2, 0) is 0 Å². The van der Waals surface area contributed by atoms with Crippen molar-refractivity contribution in [1.29, 1.82) is 0 Å². The van der Waals surface area contributed by atoms with Crippen LogP contribution in [0.4, 0.5) is 0 Å². The van der Waals surface area contributed by atoms with E-state index in [1.807, 2.05) is 41.1 Å². The molecule has 1 atom stereocenters. The Kier molecular flexibility index (Phi) is 3.16. The molecule has 4 heteroatoms. The van der Waals surface area contributed by atoms with Crippen LogP contribution in [0.15, 0.2) is 51.8 Å². The standard InChI is InChI=1S/C14H10BrNOS/c15-12-8-18-7-11(12)14(17)13-10-4-2-1-3-9(10)5-6-16-13/h1-8,14,17H. The molecule has 1 N–H and O–H groups in total. The lowest BCUT2D eigenvalue weighted by Crippen LogP contribution is -2.02. The van der Waals surface area contributed by atoms with Crippen molar-refractivity contribution in [1.82, 2.24) is 4.98 Å². The van der Waals surface area contributed by atoms with Crippen LogP contribution in [0.25, 0.3) is 10.8 Å². The molecule has 18 heavy (non-hydrogen) atoms. The third kappa shape index (κ3) is 1.96. The predicted molar refractivity (Wildman–Crippen MR) is 77.8 cm³/mol. The number of hydrogen-bond acceptors (Lipinski definition) is 3. The van der Waals surface area contributed by atoms with Crippen LogP contribution in [0.2, 0.25) is 0 Å². The van der Waals surface area contributed by atoms with Gasteiger partial charge in [-0.05, 0) is 32.8 Å². The first kappa shape index (κ1) is 11.8. The normalized spacial score (nSPS) is 12.8. The maximum Gasteiger partial charge on any atom is 0.123 e. The van der Waals surface area contributed by atoms with Crippen molar-refractivity contribution >= 4 is 38.0 Å². The van der Waals surface area contributed by atoms with Crippen LogP contribution in [0.1, 0.15) is 17.4 Å². The molecule has 0 fully saturated rings. The molecule has 0 aliphatic carbocycles. The van der Waals surface area contributed by atoms with Gasteiger partial charge in [-0.2, -0.15) is 11.3 Å².